The van der Waals surface area contributed by atoms with Gasteiger partial charge in [-0.15, -0.1) is 0 Å². The van der Waals surface area contributed by atoms with Crippen LogP contribution < -0.4 is 0 Å². The van der Waals surface area contributed by atoms with Gasteiger partial charge in [0.05, 0.1) is 4.91 Å². The molecule has 0 spiro atoms. The smallest absolute Gasteiger partial charge is 0.411 e. The lowest BCUT2D eigenvalue weighted by molar-refractivity contribution is -0.766. The van der Waals surface area contributed by atoms with Gasteiger partial charge >= 0.3 is 11.8 Å². The minimum atomic E-state index is -0.545. The molecule has 1 amide bonds. The summed E-state index contributed by atoms with van der Waals surface area (Å²) in [5.74, 6) is 0. The number of nitrogens with zero attached hydrogens (tertiary/aromatic N) is 3. The molecule has 0 saturated carbocycles. The summed E-state index contributed by atoms with van der Waals surface area (Å²) in [7, 11) is 0. The Hall–Kier alpha value is -2.15. The summed E-state index contributed by atoms with van der Waals surface area (Å²) in [5.41, 5.74) is 2.44. The number of piperidine rings is 1. The van der Waals surface area contributed by atoms with Crippen molar-refractivity contribution in [3.8, 4) is 0 Å². The van der Waals surface area contributed by atoms with E-state index in [9.17, 15) is 9.70 Å². The maximum absolute atomic E-state index is 12.4. The van der Waals surface area contributed by atoms with Crippen molar-refractivity contribution in [2.24, 2.45) is 0 Å². The van der Waals surface area contributed by atoms with Gasteiger partial charge in [0, 0.05) is 37.8 Å². The van der Waals surface area contributed by atoms with Gasteiger partial charge in [0.1, 0.15) is 6.73 Å². The highest BCUT2D eigenvalue weighted by molar-refractivity contribution is 5.67. The normalized spacial score (nSPS) is 19.1. The van der Waals surface area contributed by atoms with Crippen LogP contribution in [0.1, 0.15) is 70.9 Å². The van der Waals surface area contributed by atoms with E-state index in [0.29, 0.717) is 23.4 Å². The van der Waals surface area contributed by atoms with Gasteiger partial charge in [-0.1, -0.05) is 13.0 Å². The second-order valence-electron chi connectivity index (χ2n) is 9.71. The van der Waals surface area contributed by atoms with Crippen molar-refractivity contribution in [3.05, 3.63) is 34.2 Å². The fraction of sp³-hybridized carbons (Fsp3) is 0.708. The molecule has 0 aromatic heterocycles. The van der Waals surface area contributed by atoms with Gasteiger partial charge in [0.2, 0.25) is 0 Å². The number of amides is 1. The first kappa shape index (κ1) is 23.5. The molecule has 172 valence electrons. The molecule has 1 aromatic rings. The molecule has 2 aliphatic rings. The van der Waals surface area contributed by atoms with Crippen molar-refractivity contribution in [1.29, 1.82) is 0 Å². The Labute approximate surface area is 186 Å². The first-order valence-corrected chi connectivity index (χ1v) is 11.7. The zero-order valence-electron chi connectivity index (χ0n) is 19.6. The Kier molecular flexibility index (Phi) is 7.92. The van der Waals surface area contributed by atoms with Gasteiger partial charge in [-0.2, -0.15) is 0 Å². The molecule has 0 N–H and O–H groups in total. The predicted molar refractivity (Wildman–Crippen MR) is 120 cm³/mol. The number of rotatable bonds is 7. The number of carbonyl (C=O) groups is 1. The third kappa shape index (κ3) is 6.66. The molecule has 0 radical (unpaired) electrons. The summed E-state index contributed by atoms with van der Waals surface area (Å²) in [6.45, 7) is 10.5. The van der Waals surface area contributed by atoms with Crippen molar-refractivity contribution in [3.63, 3.8) is 0 Å². The van der Waals surface area contributed by atoms with Gasteiger partial charge in [-0.05, 0) is 76.8 Å². The Morgan fingerprint density at radius 3 is 2.61 bits per heavy atom. The van der Waals surface area contributed by atoms with Crippen LogP contribution in [-0.4, -0.2) is 58.8 Å². The molecule has 1 unspecified atom stereocenters. The number of hydrogen-bond donors (Lipinski definition) is 0. The third-order valence-electron chi connectivity index (χ3n) is 5.96. The maximum atomic E-state index is 12.4. The maximum Gasteiger partial charge on any atom is 0.411 e. The number of fused-ring (bicyclic) bond motifs is 1. The Morgan fingerprint density at radius 1 is 1.19 bits per heavy atom. The van der Waals surface area contributed by atoms with E-state index in [-0.39, 0.29) is 6.09 Å². The number of likely N-dealkylation sites (tertiary alicyclic amines) is 1. The monoisotopic (exact) mass is 432 g/mol. The van der Waals surface area contributed by atoms with Crippen LogP contribution in [0.3, 0.4) is 0 Å². The fourth-order valence-corrected chi connectivity index (χ4v) is 4.40. The summed E-state index contributed by atoms with van der Waals surface area (Å²) in [5, 5.41) is 0. The fourth-order valence-electron chi connectivity index (χ4n) is 4.40. The summed E-state index contributed by atoms with van der Waals surface area (Å²) in [6, 6.07) is 6.12. The lowest BCUT2D eigenvalue weighted by Crippen LogP contribution is -2.44. The van der Waals surface area contributed by atoms with E-state index in [1.165, 1.54) is 17.5 Å². The predicted octanol–water partition coefficient (Wildman–Crippen LogP) is 4.98. The molecular formula is C24H38N3O4+. The largest absolute Gasteiger partial charge is 0.433 e. The van der Waals surface area contributed by atoms with Crippen LogP contribution in [0.15, 0.2) is 18.2 Å². The van der Waals surface area contributed by atoms with E-state index in [2.05, 4.69) is 11.8 Å². The van der Waals surface area contributed by atoms with E-state index >= 15 is 0 Å². The molecule has 1 aliphatic carbocycles. The van der Waals surface area contributed by atoms with Crippen molar-refractivity contribution >= 4 is 11.8 Å². The van der Waals surface area contributed by atoms with Crippen molar-refractivity contribution < 1.29 is 19.3 Å². The van der Waals surface area contributed by atoms with Gasteiger partial charge in [0.25, 0.3) is 4.92 Å². The van der Waals surface area contributed by atoms with E-state index in [0.717, 1.165) is 58.2 Å². The minimum Gasteiger partial charge on any atom is -0.433 e. The highest BCUT2D eigenvalue weighted by Gasteiger charge is 2.30. The van der Waals surface area contributed by atoms with Crippen molar-refractivity contribution in [2.75, 3.05) is 26.4 Å². The number of hydrogen-bond acceptors (Lipinski definition) is 5. The molecule has 0 bridgehead atoms. The highest BCUT2D eigenvalue weighted by atomic mass is 16.8. The van der Waals surface area contributed by atoms with Gasteiger partial charge in [-0.3, -0.25) is 4.90 Å². The molecule has 1 aromatic carbocycles. The molecule has 1 heterocycles. The highest BCUT2D eigenvalue weighted by Crippen LogP contribution is 2.29. The molecule has 7 nitrogen and oxygen atoms in total. The standard InChI is InChI=1S/C24H38N3O4/c1-5-13-26(18-30-23(28)25-14-7-6-8-15-25)21-11-9-19-10-12-22(17-20(19)16-21)27(29)31-24(2,3)4/h10,12,17,21H,5-9,11,13-16,18H2,1-4H3/q+1. The minimum absolute atomic E-state index is 0.194. The number of carbonyl (C=O) groups excluding carboxylic acids is 1. The summed E-state index contributed by atoms with van der Waals surface area (Å²) >= 11 is 0. The van der Waals surface area contributed by atoms with Crippen LogP contribution in [0.25, 0.3) is 0 Å². The Bertz CT molecular complexity index is 769. The molecule has 1 atom stereocenters. The molecule has 1 aliphatic heterocycles. The summed E-state index contributed by atoms with van der Waals surface area (Å²) in [4.78, 5) is 35.0. The van der Waals surface area contributed by atoms with Gasteiger partial charge < -0.3 is 9.64 Å². The molecule has 7 heteroatoms. The van der Waals surface area contributed by atoms with Crippen LogP contribution >= 0.6 is 0 Å². The molecule has 31 heavy (non-hydrogen) atoms. The van der Waals surface area contributed by atoms with E-state index < -0.39 is 5.60 Å². The van der Waals surface area contributed by atoms with Crippen molar-refractivity contribution in [2.45, 2.75) is 84.3 Å². The van der Waals surface area contributed by atoms with E-state index in [4.69, 9.17) is 9.57 Å². The average Bonchev–Trinajstić information content (AvgIpc) is 2.75. The third-order valence-corrected chi connectivity index (χ3v) is 5.96. The first-order valence-electron chi connectivity index (χ1n) is 11.7. The average molecular weight is 433 g/mol. The van der Waals surface area contributed by atoms with Gasteiger partial charge in [0.15, 0.2) is 5.60 Å². The van der Waals surface area contributed by atoms with Gasteiger partial charge in [-0.25, -0.2) is 9.63 Å². The first-order chi connectivity index (χ1) is 14.8. The Balaban J connectivity index is 1.63. The molecule has 1 fully saturated rings. The number of benzene rings is 1. The number of ether oxygens (including phenoxy) is 1. The zero-order chi connectivity index (χ0) is 22.4. The topological polar surface area (TPSA) is 62.1 Å². The van der Waals surface area contributed by atoms with Crippen LogP contribution in [-0.2, 0) is 22.4 Å². The lowest BCUT2D eigenvalue weighted by Gasteiger charge is -2.35. The molecule has 3 rings (SSSR count). The lowest BCUT2D eigenvalue weighted by atomic mass is 9.87. The van der Waals surface area contributed by atoms with Crippen molar-refractivity contribution in [1.82, 2.24) is 9.80 Å². The zero-order valence-corrected chi connectivity index (χ0v) is 19.6. The van der Waals surface area contributed by atoms with Crippen LogP contribution in [0.5, 0.6) is 0 Å². The summed E-state index contributed by atoms with van der Waals surface area (Å²) < 4.78 is 5.69. The second-order valence-corrected chi connectivity index (χ2v) is 9.71. The van der Waals surface area contributed by atoms with E-state index in [1.807, 2.05) is 43.9 Å². The second kappa shape index (κ2) is 10.4. The summed E-state index contributed by atoms with van der Waals surface area (Å²) in [6.07, 6.45) is 6.94. The van der Waals surface area contributed by atoms with Crippen LogP contribution in [0.4, 0.5) is 10.5 Å². The molecular weight excluding hydrogens is 394 g/mol. The SMILES string of the molecule is CCCN(COC(=O)N1CCCCC1)C1CCc2ccc([N+](=O)OC(C)(C)C)cc2C1. The molecule has 1 saturated heterocycles. The Morgan fingerprint density at radius 2 is 1.94 bits per heavy atom. The van der Waals surface area contributed by atoms with E-state index in [1.54, 1.807) is 0 Å². The number of aryl methyl sites for hydroxylation is 1. The quantitative estimate of drug-likeness (QED) is 0.449. The van der Waals surface area contributed by atoms with Crippen LogP contribution in [0.2, 0.25) is 0 Å². The van der Waals surface area contributed by atoms with Crippen LogP contribution in [0, 0.1) is 4.91 Å².